The molecule has 0 radical (unpaired) electrons. The van der Waals surface area contributed by atoms with Crippen LogP contribution in [0.25, 0.3) is 0 Å². The van der Waals surface area contributed by atoms with E-state index in [0.717, 1.165) is 42.1 Å². The summed E-state index contributed by atoms with van der Waals surface area (Å²) >= 11 is 0. The minimum absolute atomic E-state index is 0.0341. The molecule has 2 N–H and O–H groups in total. The van der Waals surface area contributed by atoms with Gasteiger partial charge in [0.25, 0.3) is 0 Å². The second-order valence-corrected chi connectivity index (χ2v) is 10.7. The number of benzene rings is 2. The van der Waals surface area contributed by atoms with Crippen LogP contribution in [0, 0.1) is 5.92 Å². The molecule has 0 atom stereocenters. The van der Waals surface area contributed by atoms with E-state index < -0.39 is 23.7 Å². The molecule has 2 amide bonds. The highest BCUT2D eigenvalue weighted by molar-refractivity contribution is 5.82. The maximum Gasteiger partial charge on any atom is 0.416 e. The quantitative estimate of drug-likeness (QED) is 0.395. The highest BCUT2D eigenvalue weighted by Crippen LogP contribution is 2.35. The largest absolute Gasteiger partial charge is 0.490 e. The summed E-state index contributed by atoms with van der Waals surface area (Å²) in [6.07, 6.45) is -3.21. The topological polar surface area (TPSA) is 85.4 Å². The normalized spacial score (nSPS) is 15.7. The number of ether oxygens (including phenoxy) is 1. The Kier molecular flexibility index (Phi) is 9.44. The molecule has 1 fully saturated rings. The molecular weight excluding hydrogens is 525 g/mol. The molecule has 1 aliphatic heterocycles. The molecule has 0 unspecified atom stereocenters. The molecule has 218 valence electrons. The number of nitrogens with zero attached hydrogens (tertiary/aromatic N) is 3. The first kappa shape index (κ1) is 29.5. The molecule has 0 bridgehead atoms. The number of carboxylic acid groups (broad SMARTS) is 1. The number of halogens is 3. The third-order valence-electron chi connectivity index (χ3n) is 7.30. The Morgan fingerprint density at radius 2 is 1.88 bits per heavy atom. The van der Waals surface area contributed by atoms with Crippen LogP contribution in [0.2, 0.25) is 0 Å². The summed E-state index contributed by atoms with van der Waals surface area (Å²) in [4.78, 5) is 29.9. The van der Waals surface area contributed by atoms with Gasteiger partial charge in [0.2, 0.25) is 5.91 Å². The number of para-hydroxylation sites is 1. The van der Waals surface area contributed by atoms with Gasteiger partial charge < -0.3 is 25.0 Å². The maximum absolute atomic E-state index is 13.7. The van der Waals surface area contributed by atoms with Crippen molar-refractivity contribution in [3.63, 3.8) is 0 Å². The van der Waals surface area contributed by atoms with Crippen LogP contribution in [0.15, 0.2) is 42.5 Å². The number of amides is 2. The molecule has 11 heteroatoms. The highest BCUT2D eigenvalue weighted by atomic mass is 19.4. The second kappa shape index (κ2) is 12.8. The van der Waals surface area contributed by atoms with E-state index in [2.05, 4.69) is 10.2 Å². The minimum Gasteiger partial charge on any atom is -0.490 e. The molecule has 1 saturated carbocycles. The van der Waals surface area contributed by atoms with Gasteiger partial charge in [0.15, 0.2) is 0 Å². The van der Waals surface area contributed by atoms with Crippen LogP contribution >= 0.6 is 0 Å². The number of alkyl halides is 3. The molecule has 0 aromatic heterocycles. The summed E-state index contributed by atoms with van der Waals surface area (Å²) < 4.78 is 47.1. The summed E-state index contributed by atoms with van der Waals surface area (Å²) in [5.41, 5.74) is 0.782. The van der Waals surface area contributed by atoms with Crippen molar-refractivity contribution in [3.05, 3.63) is 59.2 Å². The number of carbonyl (C=O) groups excluding carboxylic acids is 1. The molecular formula is C29H37F3N4O4. The zero-order valence-corrected chi connectivity index (χ0v) is 22.9. The summed E-state index contributed by atoms with van der Waals surface area (Å²) in [6, 6.07) is 10.5. The third-order valence-corrected chi connectivity index (χ3v) is 7.30. The van der Waals surface area contributed by atoms with Gasteiger partial charge in [-0.15, -0.1) is 0 Å². The molecule has 1 heterocycles. The van der Waals surface area contributed by atoms with Gasteiger partial charge in [0.05, 0.1) is 17.8 Å². The molecule has 0 saturated heterocycles. The maximum atomic E-state index is 13.7. The highest BCUT2D eigenvalue weighted by Gasteiger charge is 2.34. The van der Waals surface area contributed by atoms with Crippen molar-refractivity contribution in [2.45, 2.75) is 52.0 Å². The summed E-state index contributed by atoms with van der Waals surface area (Å²) in [5.74, 6) is 0.980. The zero-order chi connectivity index (χ0) is 28.9. The third kappa shape index (κ3) is 7.80. The number of carbonyl (C=O) groups is 2. The first-order chi connectivity index (χ1) is 19.0. The molecule has 0 spiro atoms. The van der Waals surface area contributed by atoms with E-state index in [1.54, 1.807) is 13.8 Å². The molecule has 2 aromatic carbocycles. The van der Waals surface area contributed by atoms with Crippen molar-refractivity contribution < 1.29 is 32.6 Å². The van der Waals surface area contributed by atoms with Crippen molar-refractivity contribution in [2.75, 3.05) is 44.6 Å². The van der Waals surface area contributed by atoms with Crippen molar-refractivity contribution in [2.24, 2.45) is 5.92 Å². The lowest BCUT2D eigenvalue weighted by Gasteiger charge is -2.29. The predicted molar refractivity (Wildman–Crippen MR) is 145 cm³/mol. The van der Waals surface area contributed by atoms with Crippen molar-refractivity contribution in [1.29, 1.82) is 0 Å². The predicted octanol–water partition coefficient (Wildman–Crippen LogP) is 5.14. The molecule has 40 heavy (non-hydrogen) atoms. The number of anilines is 1. The number of fused-ring (bicyclic) bond motifs is 1. The monoisotopic (exact) mass is 562 g/mol. The van der Waals surface area contributed by atoms with Gasteiger partial charge in [0.1, 0.15) is 12.4 Å². The fourth-order valence-corrected chi connectivity index (χ4v) is 4.96. The van der Waals surface area contributed by atoms with Gasteiger partial charge >= 0.3 is 12.3 Å². The Morgan fingerprint density at radius 1 is 1.12 bits per heavy atom. The lowest BCUT2D eigenvalue weighted by molar-refractivity contribution is -0.139. The van der Waals surface area contributed by atoms with Crippen LogP contribution < -0.4 is 10.1 Å². The second-order valence-electron chi connectivity index (χ2n) is 10.7. The Balaban J connectivity index is 1.50. The van der Waals surface area contributed by atoms with E-state index in [-0.39, 0.29) is 37.8 Å². The van der Waals surface area contributed by atoms with Crippen LogP contribution in [-0.2, 0) is 24.1 Å². The first-order valence-corrected chi connectivity index (χ1v) is 13.7. The van der Waals surface area contributed by atoms with Crippen LogP contribution in [0.1, 0.15) is 43.4 Å². The van der Waals surface area contributed by atoms with Gasteiger partial charge in [0, 0.05) is 50.9 Å². The lowest BCUT2D eigenvalue weighted by Crippen LogP contribution is -2.44. The Hall–Kier alpha value is -3.47. The Morgan fingerprint density at radius 3 is 2.55 bits per heavy atom. The first-order valence-electron chi connectivity index (χ1n) is 13.7. The van der Waals surface area contributed by atoms with E-state index in [0.29, 0.717) is 18.0 Å². The summed E-state index contributed by atoms with van der Waals surface area (Å²) in [5, 5.41) is 12.7. The molecule has 1 aliphatic carbocycles. The van der Waals surface area contributed by atoms with Crippen LogP contribution in [0.3, 0.4) is 0 Å². The van der Waals surface area contributed by atoms with E-state index >= 15 is 0 Å². The Labute approximate surface area is 232 Å². The van der Waals surface area contributed by atoms with Crippen molar-refractivity contribution in [1.82, 2.24) is 14.7 Å². The van der Waals surface area contributed by atoms with Gasteiger partial charge in [-0.25, -0.2) is 4.79 Å². The van der Waals surface area contributed by atoms with Gasteiger partial charge in [-0.1, -0.05) is 30.3 Å². The minimum atomic E-state index is -4.58. The van der Waals surface area contributed by atoms with E-state index in [1.807, 2.05) is 18.2 Å². The van der Waals surface area contributed by atoms with Crippen molar-refractivity contribution >= 4 is 17.7 Å². The SMILES string of the molecule is CC(C)N(CCN(Cc1ccccc1C(F)(F)F)C(=O)CNc1cccc2c1OCCN(CC1CC1)C2)C(=O)O. The van der Waals surface area contributed by atoms with Crippen LogP contribution in [-0.4, -0.2) is 77.2 Å². The fourth-order valence-electron chi connectivity index (χ4n) is 4.96. The standard InChI is InChI=1S/C29H37F3N4O4/c1-20(2)36(28(38)39)13-12-35(19-22-6-3-4-8-24(22)29(30,31)32)26(37)16-33-25-9-5-7-23-18-34(17-21-10-11-21)14-15-40-27(23)25/h3-9,20-21,33H,10-19H2,1-2H3,(H,38,39). The molecule has 4 rings (SSSR count). The van der Waals surface area contributed by atoms with Crippen LogP contribution in [0.4, 0.5) is 23.7 Å². The molecule has 8 nitrogen and oxygen atoms in total. The lowest BCUT2D eigenvalue weighted by atomic mass is 10.1. The smallest absolute Gasteiger partial charge is 0.416 e. The van der Waals surface area contributed by atoms with Crippen LogP contribution in [0.5, 0.6) is 5.75 Å². The number of rotatable bonds is 11. The fraction of sp³-hybridized carbons (Fsp3) is 0.517. The summed E-state index contributed by atoms with van der Waals surface area (Å²) in [7, 11) is 0. The molecule has 2 aromatic rings. The number of nitrogens with one attached hydrogen (secondary N) is 1. The van der Waals surface area contributed by atoms with E-state index in [1.165, 1.54) is 35.9 Å². The van der Waals surface area contributed by atoms with Gasteiger partial charge in [-0.05, 0) is 50.3 Å². The zero-order valence-electron chi connectivity index (χ0n) is 22.9. The van der Waals surface area contributed by atoms with E-state index in [4.69, 9.17) is 4.74 Å². The van der Waals surface area contributed by atoms with E-state index in [9.17, 15) is 27.9 Å². The van der Waals surface area contributed by atoms with Crippen molar-refractivity contribution in [3.8, 4) is 5.75 Å². The number of hydrogen-bond acceptors (Lipinski definition) is 5. The Bertz CT molecular complexity index is 1190. The summed E-state index contributed by atoms with van der Waals surface area (Å²) in [6.45, 7) is 5.94. The average Bonchev–Trinajstić information content (AvgIpc) is 3.73. The average molecular weight is 563 g/mol. The molecule has 2 aliphatic rings. The van der Waals surface area contributed by atoms with Gasteiger partial charge in [-0.2, -0.15) is 13.2 Å². The number of hydrogen-bond donors (Lipinski definition) is 2. The van der Waals surface area contributed by atoms with Gasteiger partial charge in [-0.3, -0.25) is 9.69 Å².